The fourth-order valence-corrected chi connectivity index (χ4v) is 3.76. The van der Waals surface area contributed by atoms with Crippen LogP contribution in [0.5, 0.6) is 0 Å². The van der Waals surface area contributed by atoms with Crippen LogP contribution in [0.4, 0.5) is 4.39 Å². The third-order valence-corrected chi connectivity index (χ3v) is 5.53. The van der Waals surface area contributed by atoms with Crippen LogP contribution in [-0.2, 0) is 23.9 Å². The first-order chi connectivity index (χ1) is 15.7. The third-order valence-electron chi connectivity index (χ3n) is 5.53. The molecule has 1 aromatic rings. The summed E-state index contributed by atoms with van der Waals surface area (Å²) in [6, 6.07) is 5.46. The fourth-order valence-electron chi connectivity index (χ4n) is 3.76. The number of cyclic esters (lactones) is 1. The van der Waals surface area contributed by atoms with E-state index >= 15 is 0 Å². The summed E-state index contributed by atoms with van der Waals surface area (Å²) in [7, 11) is 0. The van der Waals surface area contributed by atoms with E-state index in [1.54, 1.807) is 6.08 Å². The van der Waals surface area contributed by atoms with Crippen LogP contribution in [0.25, 0.3) is 0 Å². The van der Waals surface area contributed by atoms with E-state index in [1.807, 2.05) is 0 Å². The van der Waals surface area contributed by atoms with Gasteiger partial charge >= 0.3 is 5.97 Å². The van der Waals surface area contributed by atoms with Gasteiger partial charge in [-0.1, -0.05) is 18.2 Å². The molecule has 0 radical (unpaired) electrons. The fraction of sp³-hybridized carbons (Fsp3) is 0.409. The molecular weight excluding hydrogens is 437 g/mol. The van der Waals surface area contributed by atoms with E-state index < -0.39 is 53.4 Å². The number of esters is 1. The number of hydrogen-bond donors (Lipinski definition) is 3. The molecule has 0 aliphatic carbocycles. The predicted octanol–water partition coefficient (Wildman–Crippen LogP) is -0.344. The topological polar surface area (TPSA) is 156 Å². The molecule has 2 aliphatic heterocycles. The molecule has 10 nitrogen and oxygen atoms in total. The second-order valence-electron chi connectivity index (χ2n) is 8.00. The molecule has 0 aromatic heterocycles. The van der Waals surface area contributed by atoms with Crippen molar-refractivity contribution in [2.45, 2.75) is 25.6 Å². The van der Waals surface area contributed by atoms with Gasteiger partial charge in [0, 0.05) is 25.4 Å². The van der Waals surface area contributed by atoms with Crippen molar-refractivity contribution in [1.29, 1.82) is 0 Å². The minimum atomic E-state index is -1.39. The molecule has 3 amide bonds. The number of hydrogen-bond acceptors (Lipinski definition) is 7. The lowest BCUT2D eigenvalue weighted by Gasteiger charge is -2.24. The van der Waals surface area contributed by atoms with Gasteiger partial charge in [-0.05, 0) is 24.1 Å². The van der Waals surface area contributed by atoms with Crippen molar-refractivity contribution in [3.63, 3.8) is 0 Å². The number of benzene rings is 1. The van der Waals surface area contributed by atoms with Gasteiger partial charge in [0.25, 0.3) is 5.91 Å². The SMILES string of the molecule is NC(=O)C1CC=C(CNC(=O)c2ccccc2F)CN(CC(=O)CC2CC(=O)OC2O)C1=O. The van der Waals surface area contributed by atoms with Gasteiger partial charge in [-0.15, -0.1) is 0 Å². The van der Waals surface area contributed by atoms with Gasteiger partial charge in [-0.2, -0.15) is 0 Å². The molecule has 1 fully saturated rings. The number of aliphatic hydroxyl groups is 1. The maximum Gasteiger partial charge on any atom is 0.308 e. The maximum atomic E-state index is 13.8. The maximum absolute atomic E-state index is 13.8. The molecule has 1 aromatic carbocycles. The standard InChI is InChI=1S/C22H24FN3O7/c23-17-4-2-1-3-15(17)20(30)25-9-12-5-6-16(19(24)29)21(31)26(10-12)11-14(27)7-13-8-18(28)33-22(13)32/h1-5,13,16,22,32H,6-11H2,(H2,24,29)(H,25,30). The lowest BCUT2D eigenvalue weighted by Crippen LogP contribution is -2.44. The summed E-state index contributed by atoms with van der Waals surface area (Å²) >= 11 is 0. The van der Waals surface area contributed by atoms with Crippen molar-refractivity contribution in [2.75, 3.05) is 19.6 Å². The molecule has 11 heteroatoms. The summed E-state index contributed by atoms with van der Waals surface area (Å²) in [4.78, 5) is 61.8. The number of allylic oxidation sites excluding steroid dienone is 1. The van der Waals surface area contributed by atoms with Crippen molar-refractivity contribution in [3.8, 4) is 0 Å². The van der Waals surface area contributed by atoms with E-state index in [0.717, 1.165) is 11.0 Å². The number of nitrogens with one attached hydrogen (secondary N) is 1. The number of aliphatic hydroxyl groups excluding tert-OH is 1. The molecule has 2 aliphatic rings. The zero-order valence-electron chi connectivity index (χ0n) is 17.7. The van der Waals surface area contributed by atoms with Crippen LogP contribution in [0.3, 0.4) is 0 Å². The Morgan fingerprint density at radius 2 is 1.97 bits per heavy atom. The van der Waals surface area contributed by atoms with Gasteiger partial charge < -0.3 is 25.8 Å². The summed E-state index contributed by atoms with van der Waals surface area (Å²) in [5.41, 5.74) is 5.74. The lowest BCUT2D eigenvalue weighted by atomic mass is 9.99. The average molecular weight is 461 g/mol. The number of primary amides is 1. The second kappa shape index (κ2) is 10.3. The number of halogens is 1. The molecule has 4 N–H and O–H groups in total. The number of rotatable bonds is 8. The molecule has 176 valence electrons. The van der Waals surface area contributed by atoms with E-state index in [1.165, 1.54) is 18.2 Å². The minimum absolute atomic E-state index is 0.00651. The number of nitrogens with two attached hydrogens (primary N) is 1. The van der Waals surface area contributed by atoms with Gasteiger partial charge in [-0.3, -0.25) is 24.0 Å². The van der Waals surface area contributed by atoms with Crippen molar-refractivity contribution in [2.24, 2.45) is 17.6 Å². The molecule has 1 saturated heterocycles. The van der Waals surface area contributed by atoms with Gasteiger partial charge in [0.1, 0.15) is 11.7 Å². The van der Waals surface area contributed by atoms with Crippen molar-refractivity contribution in [3.05, 3.63) is 47.3 Å². The Hall–Kier alpha value is -3.60. The highest BCUT2D eigenvalue weighted by atomic mass is 19.1. The van der Waals surface area contributed by atoms with Crippen molar-refractivity contribution < 1.29 is 38.2 Å². The molecular formula is C22H24FN3O7. The van der Waals surface area contributed by atoms with E-state index in [4.69, 9.17) is 5.73 Å². The number of ketones is 1. The van der Waals surface area contributed by atoms with Crippen LogP contribution in [-0.4, -0.2) is 65.4 Å². The summed E-state index contributed by atoms with van der Waals surface area (Å²) in [6.45, 7) is -0.479. The first-order valence-corrected chi connectivity index (χ1v) is 10.3. The molecule has 3 rings (SSSR count). The average Bonchev–Trinajstić information content (AvgIpc) is 2.97. The van der Waals surface area contributed by atoms with E-state index in [-0.39, 0.29) is 44.5 Å². The molecule has 33 heavy (non-hydrogen) atoms. The number of Topliss-reactive ketones (excluding diaryl/α,β-unsaturated/α-hetero) is 1. The molecule has 0 saturated carbocycles. The molecule has 3 unspecified atom stereocenters. The van der Waals surface area contributed by atoms with E-state index in [9.17, 15) is 33.5 Å². The number of carbonyl (C=O) groups excluding carboxylic acids is 5. The number of nitrogens with zero attached hydrogens (tertiary/aromatic N) is 1. The monoisotopic (exact) mass is 461 g/mol. The summed E-state index contributed by atoms with van der Waals surface area (Å²) < 4.78 is 18.4. The van der Waals surface area contributed by atoms with Crippen molar-refractivity contribution >= 4 is 29.5 Å². The lowest BCUT2D eigenvalue weighted by molar-refractivity contribution is -0.156. The molecule has 2 heterocycles. The Bertz CT molecular complexity index is 1010. The van der Waals surface area contributed by atoms with E-state index in [2.05, 4.69) is 10.1 Å². The minimum Gasteiger partial charge on any atom is -0.436 e. The van der Waals surface area contributed by atoms with Crippen LogP contribution >= 0.6 is 0 Å². The highest BCUT2D eigenvalue weighted by molar-refractivity contribution is 6.01. The van der Waals surface area contributed by atoms with Crippen LogP contribution in [0.2, 0.25) is 0 Å². The Balaban J connectivity index is 1.67. The highest BCUT2D eigenvalue weighted by Crippen LogP contribution is 2.24. The molecule has 0 bridgehead atoms. The zero-order chi connectivity index (χ0) is 24.1. The Kier molecular flexibility index (Phi) is 7.54. The molecule has 3 atom stereocenters. The number of carbonyl (C=O) groups is 5. The second-order valence-corrected chi connectivity index (χ2v) is 8.00. The Morgan fingerprint density at radius 1 is 1.24 bits per heavy atom. The smallest absolute Gasteiger partial charge is 0.308 e. The third kappa shape index (κ3) is 6.01. The quantitative estimate of drug-likeness (QED) is 0.272. The van der Waals surface area contributed by atoms with Gasteiger partial charge in [0.15, 0.2) is 5.78 Å². The molecule has 0 spiro atoms. The first-order valence-electron chi connectivity index (χ1n) is 10.3. The zero-order valence-corrected chi connectivity index (χ0v) is 17.7. The first kappa shape index (κ1) is 24.1. The van der Waals surface area contributed by atoms with Gasteiger partial charge in [-0.25, -0.2) is 4.39 Å². The van der Waals surface area contributed by atoms with Gasteiger partial charge in [0.05, 0.1) is 18.5 Å². The predicted molar refractivity (Wildman–Crippen MR) is 111 cm³/mol. The Morgan fingerprint density at radius 3 is 2.61 bits per heavy atom. The summed E-state index contributed by atoms with van der Waals surface area (Å²) in [6.07, 6.45) is -0.109. The summed E-state index contributed by atoms with van der Waals surface area (Å²) in [5, 5.41) is 12.3. The largest absolute Gasteiger partial charge is 0.436 e. The van der Waals surface area contributed by atoms with Crippen molar-refractivity contribution in [1.82, 2.24) is 10.2 Å². The number of ether oxygens (including phenoxy) is 1. The summed E-state index contributed by atoms with van der Waals surface area (Å²) in [5.74, 6) is -5.77. The van der Waals surface area contributed by atoms with Crippen LogP contribution in [0, 0.1) is 17.7 Å². The highest BCUT2D eigenvalue weighted by Gasteiger charge is 2.36. The Labute approximate surface area is 188 Å². The van der Waals surface area contributed by atoms with Crippen LogP contribution in [0.15, 0.2) is 35.9 Å². The normalized spacial score (nSPS) is 22.9. The van der Waals surface area contributed by atoms with Crippen LogP contribution in [0.1, 0.15) is 29.6 Å². The van der Waals surface area contributed by atoms with Crippen LogP contribution < -0.4 is 11.1 Å². The number of amides is 3. The van der Waals surface area contributed by atoms with Gasteiger partial charge in [0.2, 0.25) is 18.1 Å². The van der Waals surface area contributed by atoms with E-state index in [0.29, 0.717) is 5.57 Å².